The number of furan rings is 1. The molecule has 1 amide bonds. The van der Waals surface area contributed by atoms with Crippen LogP contribution in [-0.4, -0.2) is 25.1 Å². The van der Waals surface area contributed by atoms with Crippen molar-refractivity contribution in [2.45, 2.75) is 13.8 Å². The number of rotatable bonds is 6. The summed E-state index contributed by atoms with van der Waals surface area (Å²) < 4.78 is 22.3. The van der Waals surface area contributed by atoms with Crippen molar-refractivity contribution < 1.29 is 28.2 Å². The first kappa shape index (κ1) is 20.6. The van der Waals surface area contributed by atoms with Gasteiger partial charge in [0, 0.05) is 10.9 Å². The Balaban J connectivity index is 1.42. The standard InChI is InChI=1S/C26H21NO6/c1-15-7-8-16(2)21(11-15)30-13-23(28)27-24-18-5-3-4-6-19(18)33-26(24)25(29)17-9-10-20-22(12-17)32-14-31-20/h3-12H,13-14H2,1-2H3,(H,27,28). The molecule has 1 N–H and O–H groups in total. The minimum absolute atomic E-state index is 0.0372. The van der Waals surface area contributed by atoms with Gasteiger partial charge in [-0.1, -0.05) is 24.3 Å². The van der Waals surface area contributed by atoms with Crippen LogP contribution in [0.5, 0.6) is 17.2 Å². The zero-order valence-corrected chi connectivity index (χ0v) is 18.1. The van der Waals surface area contributed by atoms with E-state index in [0.717, 1.165) is 11.1 Å². The molecule has 0 aliphatic carbocycles. The zero-order chi connectivity index (χ0) is 22.9. The van der Waals surface area contributed by atoms with Crippen LogP contribution in [0.4, 0.5) is 5.69 Å². The summed E-state index contributed by atoms with van der Waals surface area (Å²) in [6, 6.07) is 17.9. The first-order chi connectivity index (χ1) is 16.0. The van der Waals surface area contributed by atoms with Gasteiger partial charge in [0.1, 0.15) is 11.3 Å². The van der Waals surface area contributed by atoms with E-state index in [-0.39, 0.29) is 24.9 Å². The molecule has 0 saturated carbocycles. The molecule has 33 heavy (non-hydrogen) atoms. The molecule has 2 heterocycles. The van der Waals surface area contributed by atoms with Crippen LogP contribution in [0.15, 0.2) is 65.1 Å². The number of nitrogens with one attached hydrogen (secondary N) is 1. The van der Waals surface area contributed by atoms with Crippen LogP contribution < -0.4 is 19.5 Å². The minimum Gasteiger partial charge on any atom is -0.483 e. The number of ether oxygens (including phenoxy) is 3. The monoisotopic (exact) mass is 443 g/mol. The predicted octanol–water partition coefficient (Wildman–Crippen LogP) is 5.03. The Morgan fingerprint density at radius 1 is 0.970 bits per heavy atom. The average molecular weight is 443 g/mol. The summed E-state index contributed by atoms with van der Waals surface area (Å²) in [7, 11) is 0. The quantitative estimate of drug-likeness (QED) is 0.421. The van der Waals surface area contributed by atoms with Gasteiger partial charge in [-0.25, -0.2) is 0 Å². The topological polar surface area (TPSA) is 87.0 Å². The van der Waals surface area contributed by atoms with E-state index in [1.54, 1.807) is 36.4 Å². The highest BCUT2D eigenvalue weighted by Crippen LogP contribution is 2.36. The molecule has 1 aliphatic heterocycles. The number of anilines is 1. The highest BCUT2D eigenvalue weighted by Gasteiger charge is 2.25. The number of benzene rings is 3. The van der Waals surface area contributed by atoms with Crippen molar-refractivity contribution in [3.05, 3.63) is 83.1 Å². The van der Waals surface area contributed by atoms with Crippen molar-refractivity contribution in [2.24, 2.45) is 0 Å². The number of hydrogen-bond donors (Lipinski definition) is 1. The second-order valence-corrected chi connectivity index (χ2v) is 7.81. The van der Waals surface area contributed by atoms with Crippen molar-refractivity contribution in [1.29, 1.82) is 0 Å². The first-order valence-electron chi connectivity index (χ1n) is 10.5. The summed E-state index contributed by atoms with van der Waals surface area (Å²) in [5.41, 5.74) is 3.13. The lowest BCUT2D eigenvalue weighted by Crippen LogP contribution is -2.21. The molecule has 0 radical (unpaired) electrons. The fraction of sp³-hybridized carbons (Fsp3) is 0.154. The van der Waals surface area contributed by atoms with Crippen LogP contribution in [0.25, 0.3) is 11.0 Å². The van der Waals surface area contributed by atoms with Crippen molar-refractivity contribution >= 4 is 28.3 Å². The maximum absolute atomic E-state index is 13.3. The molecule has 0 saturated heterocycles. The third-order valence-corrected chi connectivity index (χ3v) is 5.40. The van der Waals surface area contributed by atoms with Crippen LogP contribution in [0, 0.1) is 13.8 Å². The van der Waals surface area contributed by atoms with Crippen molar-refractivity contribution in [1.82, 2.24) is 0 Å². The van der Waals surface area contributed by atoms with E-state index in [1.165, 1.54) is 0 Å². The molecule has 0 atom stereocenters. The van der Waals surface area contributed by atoms with Gasteiger partial charge in [0.15, 0.2) is 23.9 Å². The fourth-order valence-corrected chi connectivity index (χ4v) is 3.68. The van der Waals surface area contributed by atoms with Crippen LogP contribution >= 0.6 is 0 Å². The van der Waals surface area contributed by atoms with Gasteiger partial charge in [-0.05, 0) is 61.4 Å². The van der Waals surface area contributed by atoms with Gasteiger partial charge in [0.2, 0.25) is 12.6 Å². The van der Waals surface area contributed by atoms with Gasteiger partial charge in [-0.2, -0.15) is 0 Å². The number of para-hydroxylation sites is 1. The Labute approximate surface area is 189 Å². The number of hydrogen-bond acceptors (Lipinski definition) is 6. The predicted molar refractivity (Wildman–Crippen MR) is 122 cm³/mol. The Kier molecular flexibility index (Phi) is 5.22. The molecule has 7 nitrogen and oxygen atoms in total. The maximum atomic E-state index is 13.3. The van der Waals surface area contributed by atoms with E-state index in [2.05, 4.69) is 5.32 Å². The van der Waals surface area contributed by atoms with E-state index in [0.29, 0.717) is 39.5 Å². The van der Waals surface area contributed by atoms with Gasteiger partial charge in [-0.15, -0.1) is 0 Å². The number of carbonyl (C=O) groups is 2. The number of aryl methyl sites for hydroxylation is 2. The van der Waals surface area contributed by atoms with E-state index >= 15 is 0 Å². The normalized spacial score (nSPS) is 12.1. The third kappa shape index (κ3) is 4.01. The summed E-state index contributed by atoms with van der Waals surface area (Å²) in [5, 5.41) is 3.43. The van der Waals surface area contributed by atoms with Gasteiger partial charge >= 0.3 is 0 Å². The smallest absolute Gasteiger partial charge is 0.262 e. The van der Waals surface area contributed by atoms with Crippen LogP contribution in [0.2, 0.25) is 0 Å². The second kappa shape index (κ2) is 8.35. The summed E-state index contributed by atoms with van der Waals surface area (Å²) in [4.78, 5) is 26.1. The molecule has 0 spiro atoms. The highest BCUT2D eigenvalue weighted by atomic mass is 16.7. The molecule has 5 rings (SSSR count). The zero-order valence-electron chi connectivity index (χ0n) is 18.1. The lowest BCUT2D eigenvalue weighted by atomic mass is 10.1. The lowest BCUT2D eigenvalue weighted by Gasteiger charge is -2.10. The Bertz CT molecular complexity index is 1390. The largest absolute Gasteiger partial charge is 0.483 e. The average Bonchev–Trinajstić information content (AvgIpc) is 3.43. The molecular formula is C26H21NO6. The molecule has 7 heteroatoms. The third-order valence-electron chi connectivity index (χ3n) is 5.40. The second-order valence-electron chi connectivity index (χ2n) is 7.81. The molecule has 3 aromatic carbocycles. The van der Waals surface area contributed by atoms with Crippen molar-refractivity contribution in [3.63, 3.8) is 0 Å². The summed E-state index contributed by atoms with van der Waals surface area (Å²) in [5.74, 6) is 0.962. The molecule has 0 fully saturated rings. The first-order valence-corrected chi connectivity index (χ1v) is 10.5. The van der Waals surface area contributed by atoms with Gasteiger partial charge in [0.25, 0.3) is 5.91 Å². The van der Waals surface area contributed by atoms with Crippen LogP contribution in [-0.2, 0) is 4.79 Å². The Morgan fingerprint density at radius 3 is 2.67 bits per heavy atom. The van der Waals surface area contributed by atoms with E-state index in [1.807, 2.05) is 38.1 Å². The van der Waals surface area contributed by atoms with E-state index < -0.39 is 5.91 Å². The molecule has 0 bridgehead atoms. The molecule has 166 valence electrons. The number of ketones is 1. The summed E-state index contributed by atoms with van der Waals surface area (Å²) in [6.07, 6.45) is 0. The molecule has 0 unspecified atom stereocenters. The SMILES string of the molecule is Cc1ccc(C)c(OCC(=O)Nc2c(C(=O)c3ccc4c(c3)OCO4)oc3ccccc23)c1. The fourth-order valence-electron chi connectivity index (χ4n) is 3.68. The minimum atomic E-state index is -0.401. The Hall–Kier alpha value is -4.26. The summed E-state index contributed by atoms with van der Waals surface area (Å²) in [6.45, 7) is 3.77. The number of fused-ring (bicyclic) bond motifs is 2. The van der Waals surface area contributed by atoms with Gasteiger partial charge < -0.3 is 23.9 Å². The molecule has 1 aromatic heterocycles. The Morgan fingerprint density at radius 2 is 1.79 bits per heavy atom. The molecule has 1 aliphatic rings. The van der Waals surface area contributed by atoms with Crippen LogP contribution in [0.1, 0.15) is 27.2 Å². The van der Waals surface area contributed by atoms with E-state index in [4.69, 9.17) is 18.6 Å². The van der Waals surface area contributed by atoms with E-state index in [9.17, 15) is 9.59 Å². The summed E-state index contributed by atoms with van der Waals surface area (Å²) >= 11 is 0. The number of amides is 1. The highest BCUT2D eigenvalue weighted by molar-refractivity contribution is 6.17. The van der Waals surface area contributed by atoms with Crippen molar-refractivity contribution in [2.75, 3.05) is 18.7 Å². The number of carbonyl (C=O) groups excluding carboxylic acids is 2. The maximum Gasteiger partial charge on any atom is 0.262 e. The van der Waals surface area contributed by atoms with Gasteiger partial charge in [0.05, 0.1) is 5.69 Å². The van der Waals surface area contributed by atoms with Crippen molar-refractivity contribution in [3.8, 4) is 17.2 Å². The van der Waals surface area contributed by atoms with Crippen LogP contribution in [0.3, 0.4) is 0 Å². The van der Waals surface area contributed by atoms with Gasteiger partial charge in [-0.3, -0.25) is 9.59 Å². The molecule has 4 aromatic rings. The lowest BCUT2D eigenvalue weighted by molar-refractivity contribution is -0.118. The molecular weight excluding hydrogens is 422 g/mol.